The molecule has 0 saturated heterocycles. The van der Waals surface area contributed by atoms with Crippen LogP contribution in [0.25, 0.3) is 5.82 Å². The van der Waals surface area contributed by atoms with Gasteiger partial charge in [0.05, 0.1) is 6.61 Å². The van der Waals surface area contributed by atoms with Crippen LogP contribution in [0.3, 0.4) is 0 Å². The zero-order valence-electron chi connectivity index (χ0n) is 18.7. The molecular weight excluding hydrogens is 519 g/mol. The maximum atomic E-state index is 5.92. The highest BCUT2D eigenvalue weighted by Crippen LogP contribution is 2.20. The molecule has 0 unspecified atom stereocenters. The fourth-order valence-electron chi connectivity index (χ4n) is 2.98. The summed E-state index contributed by atoms with van der Waals surface area (Å²) in [7, 11) is 1.76. The monoisotopic (exact) mass is 550 g/mol. The van der Waals surface area contributed by atoms with Gasteiger partial charge in [0.1, 0.15) is 12.4 Å². The van der Waals surface area contributed by atoms with Crippen molar-refractivity contribution in [2.24, 2.45) is 4.99 Å². The minimum absolute atomic E-state index is 0. The fraction of sp³-hybridized carbons (Fsp3) is 0.348. The molecule has 3 rings (SSSR count). The van der Waals surface area contributed by atoms with Gasteiger partial charge in [-0.25, -0.2) is 9.67 Å². The Morgan fingerprint density at radius 2 is 1.94 bits per heavy atom. The van der Waals surface area contributed by atoms with E-state index in [1.54, 1.807) is 24.1 Å². The van der Waals surface area contributed by atoms with Crippen molar-refractivity contribution in [2.45, 2.75) is 26.9 Å². The third-order valence-electron chi connectivity index (χ3n) is 4.59. The highest BCUT2D eigenvalue weighted by molar-refractivity contribution is 14.0. The van der Waals surface area contributed by atoms with E-state index >= 15 is 0 Å². The van der Waals surface area contributed by atoms with E-state index in [1.807, 2.05) is 37.4 Å². The zero-order chi connectivity index (χ0) is 21.9. The minimum atomic E-state index is 0. The molecule has 2 aromatic heterocycles. The maximum absolute atomic E-state index is 5.92. The van der Waals surface area contributed by atoms with Gasteiger partial charge in [0.2, 0.25) is 0 Å². The van der Waals surface area contributed by atoms with Crippen LogP contribution in [0.1, 0.15) is 23.6 Å². The summed E-state index contributed by atoms with van der Waals surface area (Å²) in [4.78, 5) is 8.69. The van der Waals surface area contributed by atoms with E-state index in [2.05, 4.69) is 44.8 Å². The molecule has 0 aliphatic heterocycles. The summed E-state index contributed by atoms with van der Waals surface area (Å²) in [6.45, 7) is 7.03. The Bertz CT molecular complexity index is 978. The molecule has 0 saturated carbocycles. The van der Waals surface area contributed by atoms with Crippen molar-refractivity contribution in [2.75, 3.05) is 26.9 Å². The van der Waals surface area contributed by atoms with Crippen molar-refractivity contribution in [1.82, 2.24) is 25.4 Å². The Morgan fingerprint density at radius 3 is 2.69 bits per heavy atom. The number of ether oxygens (including phenoxy) is 2. The third-order valence-corrected chi connectivity index (χ3v) is 4.59. The number of hydrogen-bond acceptors (Lipinski definition) is 5. The van der Waals surface area contributed by atoms with E-state index in [1.165, 1.54) is 0 Å². The minimum Gasteiger partial charge on any atom is -0.491 e. The van der Waals surface area contributed by atoms with Gasteiger partial charge in [-0.2, -0.15) is 5.10 Å². The van der Waals surface area contributed by atoms with Crippen molar-refractivity contribution in [3.63, 3.8) is 0 Å². The molecule has 0 aliphatic carbocycles. The first-order chi connectivity index (χ1) is 15.2. The fourth-order valence-corrected chi connectivity index (χ4v) is 2.98. The molecule has 0 bridgehead atoms. The van der Waals surface area contributed by atoms with Crippen LogP contribution in [-0.2, 0) is 17.8 Å². The molecule has 8 nitrogen and oxygen atoms in total. The molecule has 2 heterocycles. The zero-order valence-corrected chi connectivity index (χ0v) is 21.1. The molecule has 0 atom stereocenters. The summed E-state index contributed by atoms with van der Waals surface area (Å²) >= 11 is 0. The van der Waals surface area contributed by atoms with Gasteiger partial charge >= 0.3 is 0 Å². The molecular formula is C23H31IN6O2. The first kappa shape index (κ1) is 25.6. The highest BCUT2D eigenvalue weighted by Gasteiger charge is 2.07. The molecule has 0 spiro atoms. The van der Waals surface area contributed by atoms with Gasteiger partial charge in [-0.1, -0.05) is 12.1 Å². The average Bonchev–Trinajstić information content (AvgIpc) is 3.33. The van der Waals surface area contributed by atoms with E-state index in [0.717, 1.165) is 28.3 Å². The molecule has 1 aromatic carbocycles. The smallest absolute Gasteiger partial charge is 0.191 e. The Balaban J connectivity index is 0.00000363. The van der Waals surface area contributed by atoms with Crippen LogP contribution in [-0.4, -0.2) is 47.6 Å². The van der Waals surface area contributed by atoms with Crippen molar-refractivity contribution in [3.05, 3.63) is 71.7 Å². The number of nitrogens with zero attached hydrogens (tertiary/aromatic N) is 4. The van der Waals surface area contributed by atoms with Crippen LogP contribution in [0.5, 0.6) is 5.75 Å². The number of aryl methyl sites for hydroxylation is 1. The lowest BCUT2D eigenvalue weighted by molar-refractivity contribution is 0.110. The van der Waals surface area contributed by atoms with Gasteiger partial charge in [0.25, 0.3) is 0 Å². The number of rotatable bonds is 10. The molecule has 0 amide bonds. The van der Waals surface area contributed by atoms with E-state index < -0.39 is 0 Å². The van der Waals surface area contributed by atoms with Crippen molar-refractivity contribution >= 4 is 29.9 Å². The van der Waals surface area contributed by atoms with Crippen LogP contribution in [0, 0.1) is 6.92 Å². The summed E-state index contributed by atoms with van der Waals surface area (Å²) in [5.41, 5.74) is 3.30. The molecule has 9 heteroatoms. The van der Waals surface area contributed by atoms with Crippen molar-refractivity contribution in [1.29, 1.82) is 0 Å². The summed E-state index contributed by atoms with van der Waals surface area (Å²) < 4.78 is 13.0. The Morgan fingerprint density at radius 1 is 1.09 bits per heavy atom. The SMILES string of the molecule is CCOCCOc1cc(C)ccc1CNC(=NC)NCc1ccnc(-n2cccn2)c1.I. The van der Waals surface area contributed by atoms with Gasteiger partial charge in [0.15, 0.2) is 11.8 Å². The normalized spacial score (nSPS) is 11.0. The number of guanidine groups is 1. The molecule has 0 fully saturated rings. The van der Waals surface area contributed by atoms with Gasteiger partial charge in [-0.3, -0.25) is 4.99 Å². The first-order valence-electron chi connectivity index (χ1n) is 10.4. The van der Waals surface area contributed by atoms with Crippen LogP contribution < -0.4 is 15.4 Å². The average molecular weight is 550 g/mol. The van der Waals surface area contributed by atoms with Crippen LogP contribution >= 0.6 is 24.0 Å². The number of aliphatic imine (C=N–C) groups is 1. The van der Waals surface area contributed by atoms with Gasteiger partial charge in [0, 0.05) is 50.9 Å². The summed E-state index contributed by atoms with van der Waals surface area (Å²) in [5, 5.41) is 10.9. The predicted molar refractivity (Wildman–Crippen MR) is 137 cm³/mol. The Kier molecular flexibility index (Phi) is 10.9. The largest absolute Gasteiger partial charge is 0.491 e. The molecule has 3 aromatic rings. The van der Waals surface area contributed by atoms with Gasteiger partial charge < -0.3 is 20.1 Å². The molecule has 0 aliphatic rings. The van der Waals surface area contributed by atoms with Crippen LogP contribution in [0.4, 0.5) is 0 Å². The number of aromatic nitrogens is 3. The third kappa shape index (κ3) is 7.79. The second kappa shape index (κ2) is 13.7. The number of nitrogens with one attached hydrogen (secondary N) is 2. The standard InChI is InChI=1S/C23H30N6O2.HI/c1-4-30-12-13-31-21-14-18(2)6-7-20(21)17-27-23(24-3)26-16-19-8-10-25-22(15-19)29-11-5-9-28-29;/h5-11,14-15H,4,12-13,16-17H2,1-3H3,(H2,24,26,27);1H. The predicted octanol–water partition coefficient (Wildman–Crippen LogP) is 3.47. The van der Waals surface area contributed by atoms with E-state index in [0.29, 0.717) is 38.9 Å². The molecule has 32 heavy (non-hydrogen) atoms. The van der Waals surface area contributed by atoms with E-state index in [9.17, 15) is 0 Å². The first-order valence-corrected chi connectivity index (χ1v) is 10.4. The second-order valence-corrected chi connectivity index (χ2v) is 6.91. The van der Waals surface area contributed by atoms with Gasteiger partial charge in [-0.15, -0.1) is 24.0 Å². The molecule has 172 valence electrons. The van der Waals surface area contributed by atoms with Crippen LogP contribution in [0.2, 0.25) is 0 Å². The topological polar surface area (TPSA) is 85.6 Å². The number of halogens is 1. The number of pyridine rings is 1. The quantitative estimate of drug-likeness (QED) is 0.174. The molecule has 2 N–H and O–H groups in total. The maximum Gasteiger partial charge on any atom is 0.191 e. The Labute approximate surface area is 206 Å². The summed E-state index contributed by atoms with van der Waals surface area (Å²) in [6.07, 6.45) is 5.39. The second-order valence-electron chi connectivity index (χ2n) is 6.91. The number of benzene rings is 1. The van der Waals surface area contributed by atoms with E-state index in [4.69, 9.17) is 9.47 Å². The summed E-state index contributed by atoms with van der Waals surface area (Å²) in [6, 6.07) is 12.0. The van der Waals surface area contributed by atoms with Crippen molar-refractivity contribution < 1.29 is 9.47 Å². The van der Waals surface area contributed by atoms with Crippen LogP contribution in [0.15, 0.2) is 60.0 Å². The molecule has 0 radical (unpaired) electrons. The summed E-state index contributed by atoms with van der Waals surface area (Å²) in [5.74, 6) is 2.35. The van der Waals surface area contributed by atoms with E-state index in [-0.39, 0.29) is 24.0 Å². The Hall–Kier alpha value is -2.66. The number of hydrogen-bond donors (Lipinski definition) is 2. The van der Waals surface area contributed by atoms with Gasteiger partial charge in [-0.05, 0) is 49.2 Å². The lowest BCUT2D eigenvalue weighted by atomic mass is 10.1. The lowest BCUT2D eigenvalue weighted by Gasteiger charge is -2.16. The van der Waals surface area contributed by atoms with Crippen molar-refractivity contribution in [3.8, 4) is 11.6 Å². The highest BCUT2D eigenvalue weighted by atomic mass is 127. The lowest BCUT2D eigenvalue weighted by Crippen LogP contribution is -2.36.